The van der Waals surface area contributed by atoms with Crippen LogP contribution in [0, 0.1) is 11.7 Å². The lowest BCUT2D eigenvalue weighted by atomic mass is 10.0. The third-order valence-corrected chi connectivity index (χ3v) is 3.10. The highest BCUT2D eigenvalue weighted by atomic mass is 35.5. The quantitative estimate of drug-likeness (QED) is 0.926. The predicted octanol–water partition coefficient (Wildman–Crippen LogP) is 2.29. The number of aliphatic carboxylic acids is 1. The number of anilines is 1. The van der Waals surface area contributed by atoms with E-state index in [4.69, 9.17) is 16.7 Å². The number of rotatable bonds is 3. The Labute approximate surface area is 113 Å². The average molecular weight is 285 g/mol. The van der Waals surface area contributed by atoms with Gasteiger partial charge in [0.25, 0.3) is 5.91 Å². The third-order valence-electron chi connectivity index (χ3n) is 2.80. The number of hydrogen-bond acceptors (Lipinski definition) is 3. The number of nitrogens with zero attached hydrogens (tertiary/aromatic N) is 2. The van der Waals surface area contributed by atoms with Gasteiger partial charge >= 0.3 is 5.97 Å². The molecule has 0 fully saturated rings. The molecule has 0 aliphatic carbocycles. The molecule has 100 valence electrons. The van der Waals surface area contributed by atoms with Crippen LogP contribution >= 0.6 is 11.6 Å². The van der Waals surface area contributed by atoms with Crippen LogP contribution in [-0.2, 0) is 9.59 Å². The number of carbonyl (C=O) groups excluding carboxylic acids is 1. The molecule has 0 saturated heterocycles. The standard InChI is InChI=1S/C12H10ClFN2O3/c1-6-7(5-10(17)18)12(19)16(15-6)11-8(13)3-2-4-9(11)14/h2-4,7H,5H2,1H3,(H,17,18). The average Bonchev–Trinajstić information content (AvgIpc) is 2.57. The molecule has 1 aliphatic rings. The number of amides is 1. The van der Waals surface area contributed by atoms with Crippen molar-refractivity contribution in [3.63, 3.8) is 0 Å². The van der Waals surface area contributed by atoms with E-state index in [1.54, 1.807) is 0 Å². The van der Waals surface area contributed by atoms with E-state index in [1.807, 2.05) is 0 Å². The Bertz CT molecular complexity index is 568. The topological polar surface area (TPSA) is 70.0 Å². The van der Waals surface area contributed by atoms with Crippen molar-refractivity contribution < 1.29 is 19.1 Å². The Balaban J connectivity index is 2.39. The van der Waals surface area contributed by atoms with Crippen molar-refractivity contribution in [3.8, 4) is 0 Å². The molecule has 1 aliphatic heterocycles. The normalized spacial score (nSPS) is 18.7. The lowest BCUT2D eigenvalue weighted by molar-refractivity contribution is -0.139. The van der Waals surface area contributed by atoms with E-state index in [-0.39, 0.29) is 17.1 Å². The van der Waals surface area contributed by atoms with Gasteiger partial charge in [0.05, 0.1) is 17.4 Å². The first kappa shape index (κ1) is 13.5. The molecule has 1 unspecified atom stereocenters. The van der Waals surface area contributed by atoms with Gasteiger partial charge in [0, 0.05) is 5.71 Å². The SMILES string of the molecule is CC1=NN(c2c(F)cccc2Cl)C(=O)C1CC(=O)O. The van der Waals surface area contributed by atoms with Gasteiger partial charge in [0.2, 0.25) is 0 Å². The Hall–Kier alpha value is -1.95. The van der Waals surface area contributed by atoms with Crippen molar-refractivity contribution in [1.29, 1.82) is 0 Å². The second-order valence-electron chi connectivity index (χ2n) is 4.11. The number of hydrogen-bond donors (Lipinski definition) is 1. The molecule has 5 nitrogen and oxygen atoms in total. The van der Waals surface area contributed by atoms with E-state index < -0.39 is 23.6 Å². The molecular formula is C12H10ClFN2O3. The van der Waals surface area contributed by atoms with E-state index in [9.17, 15) is 14.0 Å². The molecule has 1 aromatic rings. The van der Waals surface area contributed by atoms with Crippen LogP contribution in [-0.4, -0.2) is 22.7 Å². The number of carboxylic acid groups (broad SMARTS) is 1. The first-order valence-corrected chi connectivity index (χ1v) is 5.84. The lowest BCUT2D eigenvalue weighted by Crippen LogP contribution is -2.29. The van der Waals surface area contributed by atoms with E-state index >= 15 is 0 Å². The first-order valence-electron chi connectivity index (χ1n) is 5.46. The number of carboxylic acids is 1. The van der Waals surface area contributed by atoms with Crippen molar-refractivity contribution in [2.24, 2.45) is 11.0 Å². The second kappa shape index (κ2) is 4.97. The molecule has 1 aromatic carbocycles. The number of hydrazone groups is 1. The monoisotopic (exact) mass is 284 g/mol. The predicted molar refractivity (Wildman–Crippen MR) is 67.7 cm³/mol. The van der Waals surface area contributed by atoms with Gasteiger partial charge in [-0.25, -0.2) is 4.39 Å². The summed E-state index contributed by atoms with van der Waals surface area (Å²) in [5.74, 6) is -3.28. The van der Waals surface area contributed by atoms with Crippen LogP contribution in [0.3, 0.4) is 0 Å². The Morgan fingerprint density at radius 1 is 1.58 bits per heavy atom. The highest BCUT2D eigenvalue weighted by Gasteiger charge is 2.37. The largest absolute Gasteiger partial charge is 0.481 e. The zero-order valence-corrected chi connectivity index (χ0v) is 10.7. The van der Waals surface area contributed by atoms with Gasteiger partial charge in [-0.3, -0.25) is 9.59 Å². The van der Waals surface area contributed by atoms with Crippen LogP contribution in [0.25, 0.3) is 0 Å². The molecule has 0 aromatic heterocycles. The van der Waals surface area contributed by atoms with Gasteiger partial charge in [-0.15, -0.1) is 0 Å². The molecule has 0 bridgehead atoms. The summed E-state index contributed by atoms with van der Waals surface area (Å²) in [4.78, 5) is 22.8. The lowest BCUT2D eigenvalue weighted by Gasteiger charge is -2.15. The zero-order valence-electron chi connectivity index (χ0n) is 9.93. The van der Waals surface area contributed by atoms with E-state index in [2.05, 4.69) is 5.10 Å². The molecule has 0 saturated carbocycles. The van der Waals surface area contributed by atoms with E-state index in [1.165, 1.54) is 19.1 Å². The Kier molecular flexibility index (Phi) is 3.53. The smallest absolute Gasteiger partial charge is 0.304 e. The molecule has 7 heteroatoms. The van der Waals surface area contributed by atoms with Gasteiger partial charge in [0.15, 0.2) is 5.82 Å². The summed E-state index contributed by atoms with van der Waals surface area (Å²) in [6.07, 6.45) is -0.378. The van der Waals surface area contributed by atoms with Gasteiger partial charge in [-0.1, -0.05) is 17.7 Å². The summed E-state index contributed by atoms with van der Waals surface area (Å²) in [6.45, 7) is 1.53. The second-order valence-corrected chi connectivity index (χ2v) is 4.52. The number of carbonyl (C=O) groups is 2. The maximum absolute atomic E-state index is 13.7. The summed E-state index contributed by atoms with van der Waals surface area (Å²) in [7, 11) is 0. The third kappa shape index (κ3) is 2.44. The first-order chi connectivity index (χ1) is 8.91. The number of halogens is 2. The molecule has 1 atom stereocenters. The van der Waals surface area contributed by atoms with Crippen LogP contribution in [0.2, 0.25) is 5.02 Å². The zero-order chi connectivity index (χ0) is 14.2. The Morgan fingerprint density at radius 2 is 2.26 bits per heavy atom. The fourth-order valence-corrected chi connectivity index (χ4v) is 2.11. The fraction of sp³-hybridized carbons (Fsp3) is 0.250. The molecule has 1 heterocycles. The molecule has 1 N–H and O–H groups in total. The fourth-order valence-electron chi connectivity index (χ4n) is 1.86. The maximum atomic E-state index is 13.7. The van der Waals surface area contributed by atoms with E-state index in [0.29, 0.717) is 5.71 Å². The minimum Gasteiger partial charge on any atom is -0.481 e. The highest BCUT2D eigenvalue weighted by molar-refractivity contribution is 6.34. The summed E-state index contributed by atoms with van der Waals surface area (Å²) in [5, 5.41) is 13.5. The molecular weight excluding hydrogens is 275 g/mol. The van der Waals surface area contributed by atoms with Crippen LogP contribution < -0.4 is 5.01 Å². The van der Waals surface area contributed by atoms with Crippen molar-refractivity contribution in [2.75, 3.05) is 5.01 Å². The minimum atomic E-state index is -1.12. The highest BCUT2D eigenvalue weighted by Crippen LogP contribution is 2.33. The molecule has 1 amide bonds. The Morgan fingerprint density at radius 3 is 2.84 bits per heavy atom. The summed E-state index contributed by atoms with van der Waals surface area (Å²) in [5.41, 5.74) is 0.174. The van der Waals surface area contributed by atoms with Gasteiger partial charge in [-0.05, 0) is 19.1 Å². The summed E-state index contributed by atoms with van der Waals surface area (Å²) < 4.78 is 13.7. The van der Waals surface area contributed by atoms with Gasteiger partial charge in [-0.2, -0.15) is 10.1 Å². The van der Waals surface area contributed by atoms with Crippen molar-refractivity contribution in [3.05, 3.63) is 29.0 Å². The van der Waals surface area contributed by atoms with Gasteiger partial charge < -0.3 is 5.11 Å². The van der Waals surface area contributed by atoms with Crippen LogP contribution in [0.15, 0.2) is 23.3 Å². The van der Waals surface area contributed by atoms with Gasteiger partial charge in [0.1, 0.15) is 5.69 Å². The van der Waals surface area contributed by atoms with Crippen LogP contribution in [0.5, 0.6) is 0 Å². The van der Waals surface area contributed by atoms with Crippen LogP contribution in [0.4, 0.5) is 10.1 Å². The van der Waals surface area contributed by atoms with Crippen molar-refractivity contribution in [1.82, 2.24) is 0 Å². The maximum Gasteiger partial charge on any atom is 0.304 e. The molecule has 2 rings (SSSR count). The number of benzene rings is 1. The minimum absolute atomic E-state index is 0.0425. The van der Waals surface area contributed by atoms with E-state index in [0.717, 1.165) is 11.1 Å². The summed E-state index contributed by atoms with van der Waals surface area (Å²) >= 11 is 5.86. The molecule has 0 spiro atoms. The van der Waals surface area contributed by atoms with Crippen molar-refractivity contribution in [2.45, 2.75) is 13.3 Å². The van der Waals surface area contributed by atoms with Crippen molar-refractivity contribution >= 4 is 34.9 Å². The summed E-state index contributed by atoms with van der Waals surface area (Å²) in [6, 6.07) is 4.00. The van der Waals surface area contributed by atoms with Crippen LogP contribution in [0.1, 0.15) is 13.3 Å². The number of para-hydroxylation sites is 1. The molecule has 19 heavy (non-hydrogen) atoms. The molecule has 0 radical (unpaired) electrons.